The summed E-state index contributed by atoms with van der Waals surface area (Å²) in [7, 11) is 0. The first-order valence-corrected chi connectivity index (χ1v) is 15.1. The molecule has 11 heteroatoms. The Bertz CT molecular complexity index is 1660. The van der Waals surface area contributed by atoms with Crippen molar-refractivity contribution in [3.63, 3.8) is 0 Å². The van der Waals surface area contributed by atoms with Crippen LogP contribution in [0.3, 0.4) is 0 Å². The van der Waals surface area contributed by atoms with E-state index in [1.807, 2.05) is 0 Å². The summed E-state index contributed by atoms with van der Waals surface area (Å²) in [6.07, 6.45) is 0. The lowest BCUT2D eigenvalue weighted by molar-refractivity contribution is 0.0421. The second kappa shape index (κ2) is 14.2. The van der Waals surface area contributed by atoms with E-state index in [2.05, 4.69) is 29.4 Å². The van der Waals surface area contributed by atoms with Gasteiger partial charge in [0.25, 0.3) is 0 Å². The number of phenolic OH excluding ortho intramolecular Hbond substituents is 1. The summed E-state index contributed by atoms with van der Waals surface area (Å²) < 4.78 is 17.2. The number of carbonyl (C=O) groups is 1. The van der Waals surface area contributed by atoms with Crippen LogP contribution in [0.25, 0.3) is 33.4 Å². The number of carboxylic acid groups (broad SMARTS) is 1. The van der Waals surface area contributed by atoms with Crippen molar-refractivity contribution in [1.29, 1.82) is 0 Å². The van der Waals surface area contributed by atoms with Crippen molar-refractivity contribution >= 4 is 40.0 Å². The Morgan fingerprint density at radius 1 is 0.977 bits per heavy atom. The van der Waals surface area contributed by atoms with Crippen molar-refractivity contribution in [3.8, 4) is 28.2 Å². The lowest BCUT2D eigenvalue weighted by atomic mass is 9.90. The number of likely N-dealkylation sites (tertiary alicyclic amines) is 1. The molecule has 44 heavy (non-hydrogen) atoms. The minimum atomic E-state index is -1.14. The fraction of sp³-hybridized carbons (Fsp3) is 0.364. The fourth-order valence-electron chi connectivity index (χ4n) is 5.53. The van der Waals surface area contributed by atoms with Gasteiger partial charge in [-0.1, -0.05) is 19.9 Å². The molecule has 0 saturated carbocycles. The van der Waals surface area contributed by atoms with Gasteiger partial charge >= 0.3 is 5.97 Å². The Kier molecular flexibility index (Phi) is 10.1. The second-order valence-corrected chi connectivity index (χ2v) is 11.6. The number of benzene rings is 3. The summed E-state index contributed by atoms with van der Waals surface area (Å²) in [5.41, 5.74) is 2.18. The molecule has 0 amide bonds. The van der Waals surface area contributed by atoms with Gasteiger partial charge in [0.15, 0.2) is 10.5 Å². The molecule has 0 aromatic heterocycles. The van der Waals surface area contributed by atoms with Crippen LogP contribution < -0.4 is 16.1 Å². The number of hydrogen-bond donors (Lipinski definition) is 4. The number of aromatic carboxylic acids is 1. The topological polar surface area (TPSA) is 134 Å². The van der Waals surface area contributed by atoms with Crippen molar-refractivity contribution in [1.82, 2.24) is 10.2 Å². The molecule has 10 nitrogen and oxygen atoms in total. The highest BCUT2D eigenvalue weighted by atomic mass is 32.1. The number of fused-ring (bicyclic) bond motifs is 2. The first-order valence-electron chi connectivity index (χ1n) is 14.7. The molecule has 1 aliphatic carbocycles. The maximum Gasteiger partial charge on any atom is 0.336 e. The lowest BCUT2D eigenvalue weighted by Gasteiger charge is -2.18. The quantitative estimate of drug-likeness (QED) is 0.0983. The average Bonchev–Trinajstić information content (AvgIpc) is 3.31. The third kappa shape index (κ3) is 7.54. The highest BCUT2D eigenvalue weighted by Gasteiger charge is 2.25. The van der Waals surface area contributed by atoms with Gasteiger partial charge in [-0.05, 0) is 66.0 Å². The van der Waals surface area contributed by atoms with E-state index in [-0.39, 0.29) is 22.5 Å². The molecule has 0 bridgehead atoms. The van der Waals surface area contributed by atoms with Crippen LogP contribution in [0.2, 0.25) is 0 Å². The van der Waals surface area contributed by atoms with Gasteiger partial charge in [0, 0.05) is 60.5 Å². The molecular weight excluding hydrogens is 582 g/mol. The van der Waals surface area contributed by atoms with Crippen LogP contribution in [-0.4, -0.2) is 78.8 Å². The molecule has 2 unspecified atom stereocenters. The lowest BCUT2D eigenvalue weighted by Crippen LogP contribution is -2.31. The van der Waals surface area contributed by atoms with E-state index >= 15 is 0 Å². The maximum atomic E-state index is 12.4. The predicted octanol–water partition coefficient (Wildman–Crippen LogP) is 4.88. The Balaban J connectivity index is 1.17. The standard InChI is InChI=1S/C33H37N3O7S/c1-20-18-36(19-21(20)2)10-12-42-14-13-41-11-9-34-33(44)35-22-3-6-25(28(15-22)32(39)40)31-26-7-4-23(37)16-29(26)43-30-17-24(38)5-8-27(30)31/h3-8,15-17,20-21,37H,9-14,18-19H2,1-2H3,(H,39,40)(H2,34,35,44). The number of ether oxygens (including phenoxy) is 2. The summed E-state index contributed by atoms with van der Waals surface area (Å²) in [6, 6.07) is 13.9. The van der Waals surface area contributed by atoms with Gasteiger partial charge in [-0.3, -0.25) is 4.79 Å². The van der Waals surface area contributed by atoms with Gasteiger partial charge in [-0.2, -0.15) is 0 Å². The molecule has 2 aromatic rings. The number of aromatic hydroxyl groups is 1. The van der Waals surface area contributed by atoms with E-state index in [1.54, 1.807) is 24.3 Å². The molecule has 0 spiro atoms. The molecule has 2 aromatic carbocycles. The zero-order valence-electron chi connectivity index (χ0n) is 24.8. The van der Waals surface area contributed by atoms with Crippen LogP contribution in [0.15, 0.2) is 63.8 Å². The molecule has 2 heterocycles. The Morgan fingerprint density at radius 2 is 1.70 bits per heavy atom. The molecule has 2 atom stereocenters. The highest BCUT2D eigenvalue weighted by Crippen LogP contribution is 2.42. The fourth-order valence-corrected chi connectivity index (χ4v) is 5.75. The van der Waals surface area contributed by atoms with E-state index in [9.17, 15) is 19.8 Å². The van der Waals surface area contributed by atoms with Gasteiger partial charge in [-0.25, -0.2) is 4.79 Å². The van der Waals surface area contributed by atoms with Gasteiger partial charge in [-0.15, -0.1) is 0 Å². The van der Waals surface area contributed by atoms with Gasteiger partial charge in [0.2, 0.25) is 0 Å². The second-order valence-electron chi connectivity index (χ2n) is 11.2. The van der Waals surface area contributed by atoms with Crippen molar-refractivity contribution in [3.05, 3.63) is 70.4 Å². The molecule has 3 aliphatic rings. The summed E-state index contributed by atoms with van der Waals surface area (Å²) in [4.78, 5) is 26.9. The normalized spacial score (nSPS) is 16.9. The largest absolute Gasteiger partial charge is 0.508 e. The summed E-state index contributed by atoms with van der Waals surface area (Å²) in [6.45, 7) is 10.4. The Morgan fingerprint density at radius 3 is 2.45 bits per heavy atom. The van der Waals surface area contributed by atoms with Crippen molar-refractivity contribution in [2.45, 2.75) is 13.8 Å². The van der Waals surface area contributed by atoms with E-state index in [1.165, 1.54) is 30.3 Å². The number of rotatable bonds is 12. The minimum Gasteiger partial charge on any atom is -0.508 e. The zero-order chi connectivity index (χ0) is 31.2. The molecule has 4 N–H and O–H groups in total. The molecule has 0 radical (unpaired) electrons. The maximum absolute atomic E-state index is 12.4. The van der Waals surface area contributed by atoms with Crippen molar-refractivity contribution < 1.29 is 28.9 Å². The average molecular weight is 620 g/mol. The van der Waals surface area contributed by atoms with E-state index < -0.39 is 5.97 Å². The predicted molar refractivity (Wildman–Crippen MR) is 174 cm³/mol. The van der Waals surface area contributed by atoms with Gasteiger partial charge in [0.05, 0.1) is 32.0 Å². The van der Waals surface area contributed by atoms with E-state index in [0.29, 0.717) is 71.4 Å². The van der Waals surface area contributed by atoms with Crippen LogP contribution in [0, 0.1) is 11.8 Å². The number of anilines is 1. The summed E-state index contributed by atoms with van der Waals surface area (Å²) in [5.74, 6) is 0.618. The first kappa shape index (κ1) is 31.4. The number of phenols is 1. The van der Waals surface area contributed by atoms with Crippen molar-refractivity contribution in [2.75, 3.05) is 57.9 Å². The van der Waals surface area contributed by atoms with E-state index in [0.717, 1.165) is 31.5 Å². The first-order chi connectivity index (χ1) is 21.2. The van der Waals surface area contributed by atoms with Crippen LogP contribution in [-0.2, 0) is 9.47 Å². The molecule has 1 saturated heterocycles. The van der Waals surface area contributed by atoms with Crippen molar-refractivity contribution in [2.24, 2.45) is 11.8 Å². The van der Waals surface area contributed by atoms with Gasteiger partial charge < -0.3 is 39.6 Å². The van der Waals surface area contributed by atoms with Crippen LogP contribution >= 0.6 is 12.2 Å². The zero-order valence-corrected chi connectivity index (χ0v) is 25.6. The number of hydrogen-bond acceptors (Lipinski definition) is 8. The number of nitrogens with one attached hydrogen (secondary N) is 2. The molecular formula is C33H37N3O7S. The Hall–Kier alpha value is -4.03. The molecule has 232 valence electrons. The monoisotopic (exact) mass is 619 g/mol. The highest BCUT2D eigenvalue weighted by molar-refractivity contribution is 7.80. The third-order valence-electron chi connectivity index (χ3n) is 7.97. The molecule has 5 rings (SSSR count). The number of nitrogens with zero attached hydrogens (tertiary/aromatic N) is 1. The van der Waals surface area contributed by atoms with Crippen LogP contribution in [0.4, 0.5) is 5.69 Å². The summed E-state index contributed by atoms with van der Waals surface area (Å²) in [5, 5.41) is 27.2. The molecule has 2 aliphatic heterocycles. The van der Waals surface area contributed by atoms with Crippen LogP contribution in [0.1, 0.15) is 24.2 Å². The van der Waals surface area contributed by atoms with Gasteiger partial charge in [0.1, 0.15) is 17.1 Å². The summed E-state index contributed by atoms with van der Waals surface area (Å²) >= 11 is 5.41. The SMILES string of the molecule is CC1CN(CCOCCOCCNC(=S)Nc2ccc(-c3c4ccc(=O)cc-4oc4cc(O)ccc34)c(C(=O)O)c2)CC1C. The molecule has 1 fully saturated rings. The smallest absolute Gasteiger partial charge is 0.336 e. The third-order valence-corrected chi connectivity index (χ3v) is 8.22. The number of carboxylic acids is 1. The Labute approximate surface area is 260 Å². The van der Waals surface area contributed by atoms with Crippen LogP contribution in [0.5, 0.6) is 5.75 Å². The van der Waals surface area contributed by atoms with E-state index in [4.69, 9.17) is 26.1 Å². The minimum absolute atomic E-state index is 0.0140. The number of thiocarbonyl (C=S) groups is 1.